The SMILES string of the molecule is CCCN(CCN(C)C)c1ccc([C@H](C)N)cc1F. The van der Waals surface area contributed by atoms with Crippen LogP contribution < -0.4 is 10.6 Å². The van der Waals surface area contributed by atoms with Gasteiger partial charge in [0.1, 0.15) is 5.82 Å². The predicted octanol–water partition coefficient (Wildman–Crippen LogP) is 2.62. The average Bonchev–Trinajstić information content (AvgIpc) is 2.34. The fraction of sp³-hybridized carbons (Fsp3) is 0.600. The van der Waals surface area contributed by atoms with E-state index in [0.717, 1.165) is 31.6 Å². The molecule has 1 aromatic rings. The van der Waals surface area contributed by atoms with E-state index in [1.54, 1.807) is 6.07 Å². The van der Waals surface area contributed by atoms with Gasteiger partial charge in [-0.05, 0) is 45.1 Å². The zero-order valence-electron chi connectivity index (χ0n) is 12.5. The van der Waals surface area contributed by atoms with Crippen molar-refractivity contribution in [2.45, 2.75) is 26.3 Å². The lowest BCUT2D eigenvalue weighted by molar-refractivity contribution is 0.412. The standard InChI is InChI=1S/C15H26FN3/c1-5-8-19(10-9-18(3)4)15-7-6-13(12(2)17)11-14(15)16/h6-7,11-12H,5,8-10,17H2,1-4H3/t12-/m0/s1. The van der Waals surface area contributed by atoms with Gasteiger partial charge in [-0.15, -0.1) is 0 Å². The Hall–Kier alpha value is -1.13. The monoisotopic (exact) mass is 267 g/mol. The van der Waals surface area contributed by atoms with Gasteiger partial charge in [0, 0.05) is 25.7 Å². The first-order chi connectivity index (χ1) is 8.95. The third kappa shape index (κ3) is 4.80. The van der Waals surface area contributed by atoms with Crippen molar-refractivity contribution in [2.24, 2.45) is 5.73 Å². The first kappa shape index (κ1) is 15.9. The molecule has 4 heteroatoms. The third-order valence-corrected chi connectivity index (χ3v) is 3.15. The molecule has 0 amide bonds. The lowest BCUT2D eigenvalue weighted by Gasteiger charge is -2.26. The molecule has 0 saturated heterocycles. The molecule has 0 aliphatic carbocycles. The lowest BCUT2D eigenvalue weighted by Crippen LogP contribution is -2.33. The molecule has 0 heterocycles. The highest BCUT2D eigenvalue weighted by atomic mass is 19.1. The molecule has 0 aliphatic heterocycles. The predicted molar refractivity (Wildman–Crippen MR) is 80.1 cm³/mol. The summed E-state index contributed by atoms with van der Waals surface area (Å²) < 4.78 is 14.2. The molecule has 1 aromatic carbocycles. The van der Waals surface area contributed by atoms with Crippen LogP contribution in [0.3, 0.4) is 0 Å². The molecule has 2 N–H and O–H groups in total. The van der Waals surface area contributed by atoms with Crippen LogP contribution in [0.1, 0.15) is 31.9 Å². The van der Waals surface area contributed by atoms with Gasteiger partial charge in [0.2, 0.25) is 0 Å². The van der Waals surface area contributed by atoms with Gasteiger partial charge in [-0.1, -0.05) is 13.0 Å². The van der Waals surface area contributed by atoms with Crippen LogP contribution in [0.15, 0.2) is 18.2 Å². The normalized spacial score (nSPS) is 12.8. The fourth-order valence-corrected chi connectivity index (χ4v) is 2.01. The van der Waals surface area contributed by atoms with Crippen molar-refractivity contribution in [1.82, 2.24) is 4.90 Å². The van der Waals surface area contributed by atoms with Crippen LogP contribution in [-0.2, 0) is 0 Å². The second-order valence-corrected chi connectivity index (χ2v) is 5.29. The molecule has 19 heavy (non-hydrogen) atoms. The number of likely N-dealkylation sites (N-methyl/N-ethyl adjacent to an activating group) is 1. The number of benzene rings is 1. The Bertz CT molecular complexity index is 391. The molecular formula is C15H26FN3. The van der Waals surface area contributed by atoms with Gasteiger partial charge >= 0.3 is 0 Å². The zero-order valence-corrected chi connectivity index (χ0v) is 12.5. The minimum atomic E-state index is -0.179. The van der Waals surface area contributed by atoms with Crippen molar-refractivity contribution in [1.29, 1.82) is 0 Å². The maximum Gasteiger partial charge on any atom is 0.146 e. The Morgan fingerprint density at radius 3 is 2.37 bits per heavy atom. The number of hydrogen-bond acceptors (Lipinski definition) is 3. The highest BCUT2D eigenvalue weighted by Gasteiger charge is 2.12. The molecule has 0 fully saturated rings. The summed E-state index contributed by atoms with van der Waals surface area (Å²) in [4.78, 5) is 4.21. The lowest BCUT2D eigenvalue weighted by atomic mass is 10.1. The largest absolute Gasteiger partial charge is 0.368 e. The fourth-order valence-electron chi connectivity index (χ4n) is 2.01. The summed E-state index contributed by atoms with van der Waals surface area (Å²) in [6.45, 7) is 6.58. The van der Waals surface area contributed by atoms with E-state index in [1.807, 2.05) is 33.2 Å². The van der Waals surface area contributed by atoms with Crippen molar-refractivity contribution in [2.75, 3.05) is 38.6 Å². The quantitative estimate of drug-likeness (QED) is 0.824. The highest BCUT2D eigenvalue weighted by Crippen LogP contribution is 2.23. The molecular weight excluding hydrogens is 241 g/mol. The van der Waals surface area contributed by atoms with E-state index in [0.29, 0.717) is 5.69 Å². The van der Waals surface area contributed by atoms with Crippen LogP contribution in [0.25, 0.3) is 0 Å². The average molecular weight is 267 g/mol. The summed E-state index contributed by atoms with van der Waals surface area (Å²) >= 11 is 0. The highest BCUT2D eigenvalue weighted by molar-refractivity contribution is 5.49. The molecule has 1 rings (SSSR count). The Labute approximate surface area is 116 Å². The molecule has 0 bridgehead atoms. The molecule has 0 aliphatic rings. The van der Waals surface area contributed by atoms with Crippen molar-refractivity contribution >= 4 is 5.69 Å². The molecule has 0 spiro atoms. The molecule has 0 unspecified atom stereocenters. The number of anilines is 1. The van der Waals surface area contributed by atoms with Crippen LogP contribution in [0.5, 0.6) is 0 Å². The molecule has 0 aromatic heterocycles. The summed E-state index contributed by atoms with van der Waals surface area (Å²) in [5.41, 5.74) is 7.29. The Morgan fingerprint density at radius 1 is 1.21 bits per heavy atom. The van der Waals surface area contributed by atoms with Gasteiger partial charge < -0.3 is 15.5 Å². The summed E-state index contributed by atoms with van der Waals surface area (Å²) in [5.74, 6) is -0.179. The minimum Gasteiger partial charge on any atom is -0.368 e. The first-order valence-corrected chi connectivity index (χ1v) is 6.90. The smallest absolute Gasteiger partial charge is 0.146 e. The summed E-state index contributed by atoms with van der Waals surface area (Å²) in [6, 6.07) is 5.18. The van der Waals surface area contributed by atoms with Gasteiger partial charge in [-0.25, -0.2) is 4.39 Å². The molecule has 0 saturated carbocycles. The number of nitrogens with two attached hydrogens (primary N) is 1. The maximum atomic E-state index is 14.2. The van der Waals surface area contributed by atoms with Crippen LogP contribution in [0.4, 0.5) is 10.1 Å². The van der Waals surface area contributed by atoms with Crippen molar-refractivity contribution in [3.8, 4) is 0 Å². The number of rotatable bonds is 7. The van der Waals surface area contributed by atoms with Gasteiger partial charge in [-0.3, -0.25) is 0 Å². The van der Waals surface area contributed by atoms with Crippen LogP contribution >= 0.6 is 0 Å². The van der Waals surface area contributed by atoms with Crippen molar-refractivity contribution in [3.05, 3.63) is 29.6 Å². The van der Waals surface area contributed by atoms with E-state index in [9.17, 15) is 4.39 Å². The Balaban J connectivity index is 2.89. The number of nitrogens with zero attached hydrogens (tertiary/aromatic N) is 2. The van der Waals surface area contributed by atoms with Gasteiger partial charge in [0.25, 0.3) is 0 Å². The second-order valence-electron chi connectivity index (χ2n) is 5.29. The molecule has 108 valence electrons. The van der Waals surface area contributed by atoms with Crippen molar-refractivity contribution < 1.29 is 4.39 Å². The molecule has 1 atom stereocenters. The number of hydrogen-bond donors (Lipinski definition) is 1. The van der Waals surface area contributed by atoms with Gasteiger partial charge in [0.05, 0.1) is 5.69 Å². The Morgan fingerprint density at radius 2 is 1.89 bits per heavy atom. The first-order valence-electron chi connectivity index (χ1n) is 6.90. The van der Waals surface area contributed by atoms with E-state index in [2.05, 4.69) is 16.7 Å². The molecule has 0 radical (unpaired) electrons. The summed E-state index contributed by atoms with van der Waals surface area (Å²) in [5, 5.41) is 0. The molecule has 3 nitrogen and oxygen atoms in total. The van der Waals surface area contributed by atoms with Crippen LogP contribution in [0.2, 0.25) is 0 Å². The minimum absolute atomic E-state index is 0.134. The summed E-state index contributed by atoms with van der Waals surface area (Å²) in [6.07, 6.45) is 1.00. The third-order valence-electron chi connectivity index (χ3n) is 3.15. The van der Waals surface area contributed by atoms with E-state index < -0.39 is 0 Å². The summed E-state index contributed by atoms with van der Waals surface area (Å²) in [7, 11) is 4.05. The Kier molecular flexibility index (Phi) is 6.25. The van der Waals surface area contributed by atoms with E-state index >= 15 is 0 Å². The van der Waals surface area contributed by atoms with Gasteiger partial charge in [0.15, 0.2) is 0 Å². The second kappa shape index (κ2) is 7.46. The van der Waals surface area contributed by atoms with E-state index in [1.165, 1.54) is 0 Å². The van der Waals surface area contributed by atoms with E-state index in [4.69, 9.17) is 5.73 Å². The topological polar surface area (TPSA) is 32.5 Å². The maximum absolute atomic E-state index is 14.2. The number of halogens is 1. The zero-order chi connectivity index (χ0) is 14.4. The van der Waals surface area contributed by atoms with Crippen LogP contribution in [0, 0.1) is 5.82 Å². The van der Waals surface area contributed by atoms with Crippen molar-refractivity contribution in [3.63, 3.8) is 0 Å². The van der Waals surface area contributed by atoms with Gasteiger partial charge in [-0.2, -0.15) is 0 Å². The van der Waals surface area contributed by atoms with E-state index in [-0.39, 0.29) is 11.9 Å². The van der Waals surface area contributed by atoms with Crippen LogP contribution in [-0.4, -0.2) is 38.6 Å².